The molecule has 0 aliphatic carbocycles. The van der Waals surface area contributed by atoms with Gasteiger partial charge in [-0.1, -0.05) is 0 Å². The molecule has 0 aromatic heterocycles. The Morgan fingerprint density at radius 1 is 1.18 bits per heavy atom. The number of esters is 1. The van der Waals surface area contributed by atoms with Gasteiger partial charge >= 0.3 is 43.7 Å². The number of aliphatic hydroxyl groups is 5. The summed E-state index contributed by atoms with van der Waals surface area (Å²) in [6.07, 6.45) is -7.16. The number of hydrogen-bond acceptors (Lipinski definition) is 7. The molecule has 1 unspecified atom stereocenters. The van der Waals surface area contributed by atoms with E-state index < -0.39 is 43.1 Å². The molecular weight excluding hydrogens is 260 g/mol. The Balaban J connectivity index is -0.000000375. The van der Waals surface area contributed by atoms with Crippen molar-refractivity contribution in [2.24, 2.45) is 0 Å². The van der Waals surface area contributed by atoms with E-state index in [0.717, 1.165) is 0 Å². The summed E-state index contributed by atoms with van der Waals surface area (Å²) < 4.78 is 4.60. The third kappa shape index (κ3) is 6.87. The van der Waals surface area contributed by atoms with Gasteiger partial charge in [0.2, 0.25) is 0 Å². The Morgan fingerprint density at radius 3 is 2.00 bits per heavy atom. The monoisotopic (exact) mass is 280 g/mol. The van der Waals surface area contributed by atoms with Crippen LogP contribution in [0.3, 0.4) is 0 Å². The minimum atomic E-state index is -1.64. The van der Waals surface area contributed by atoms with Gasteiger partial charge in [-0.05, 0) is 13.8 Å². The predicted octanol–water partition coefficient (Wildman–Crippen LogP) is -2.78. The number of hydrogen-bond donors (Lipinski definition) is 5. The zero-order chi connectivity index (χ0) is 12.9. The van der Waals surface area contributed by atoms with Gasteiger partial charge in [-0.15, -0.1) is 0 Å². The van der Waals surface area contributed by atoms with E-state index in [4.69, 9.17) is 15.3 Å². The minimum Gasteiger partial charge on any atom is -1.00 e. The average molecular weight is 280 g/mol. The third-order valence-corrected chi connectivity index (χ3v) is 2.06. The summed E-state index contributed by atoms with van der Waals surface area (Å²) in [7, 11) is 0. The molecule has 0 saturated heterocycles. The molecule has 0 radical (unpaired) electrons. The Morgan fingerprint density at radius 2 is 1.65 bits per heavy atom. The summed E-state index contributed by atoms with van der Waals surface area (Å²) >= 11 is 0. The van der Waals surface area contributed by atoms with Gasteiger partial charge in [-0.3, -0.25) is 0 Å². The average Bonchev–Trinajstić information content (AvgIpc) is 2.25. The molecule has 0 spiro atoms. The standard InChI is InChI=1S/C9H18O7.Ca.2H/c1-4(11)9(15)16-5(2)7(13)8(14)6(12)3-10;;;/h4-8,10-14H,3H2,1-2H3;;;/q;+2;2*-1/t4?,5-,6+,7+,8+;;;/m0.../s1. The molecule has 8 heteroatoms. The SMILES string of the molecule is CC(O)C(=O)O[C@@H](C)[C@@H](O)[C@H](O)[C@H](O)CO.[Ca+2].[H-].[H-]. The van der Waals surface area contributed by atoms with Crippen LogP contribution >= 0.6 is 0 Å². The second-order valence-corrected chi connectivity index (χ2v) is 3.55. The van der Waals surface area contributed by atoms with Crippen LogP contribution in [0, 0.1) is 0 Å². The van der Waals surface area contributed by atoms with Crippen LogP contribution in [0.25, 0.3) is 0 Å². The fourth-order valence-corrected chi connectivity index (χ4v) is 0.965. The quantitative estimate of drug-likeness (QED) is 0.263. The minimum absolute atomic E-state index is 0. The number of carbonyl (C=O) groups is 1. The van der Waals surface area contributed by atoms with Crippen LogP contribution in [0.1, 0.15) is 16.7 Å². The van der Waals surface area contributed by atoms with Gasteiger partial charge in [0.25, 0.3) is 0 Å². The van der Waals surface area contributed by atoms with Crippen molar-refractivity contribution in [3.8, 4) is 0 Å². The molecule has 0 rings (SSSR count). The maximum absolute atomic E-state index is 10.9. The summed E-state index contributed by atoms with van der Waals surface area (Å²) in [5.74, 6) is -0.947. The van der Waals surface area contributed by atoms with Crippen LogP contribution in [0.4, 0.5) is 0 Å². The molecule has 7 nitrogen and oxygen atoms in total. The van der Waals surface area contributed by atoms with Crippen LogP contribution in [-0.2, 0) is 9.53 Å². The third-order valence-electron chi connectivity index (χ3n) is 2.06. The smallest absolute Gasteiger partial charge is 1.00 e. The molecule has 0 aromatic carbocycles. The molecule has 5 atom stereocenters. The molecule has 0 aliphatic rings. The molecule has 0 bridgehead atoms. The summed E-state index contributed by atoms with van der Waals surface area (Å²) in [6, 6.07) is 0. The molecular formula is C9H20CaO7. The molecule has 100 valence electrons. The van der Waals surface area contributed by atoms with E-state index in [9.17, 15) is 15.0 Å². The van der Waals surface area contributed by atoms with Gasteiger partial charge in [0.05, 0.1) is 6.61 Å². The van der Waals surface area contributed by atoms with Crippen molar-refractivity contribution >= 4 is 43.7 Å². The Hall–Kier alpha value is 0.530. The zero-order valence-corrected chi connectivity index (χ0v) is 12.1. The van der Waals surface area contributed by atoms with Gasteiger partial charge in [0.15, 0.2) is 0 Å². The first kappa shape index (κ1) is 19.9. The first-order valence-electron chi connectivity index (χ1n) is 4.84. The zero-order valence-electron chi connectivity index (χ0n) is 11.9. The van der Waals surface area contributed by atoms with E-state index in [1.807, 2.05) is 0 Å². The topological polar surface area (TPSA) is 127 Å². The first-order valence-corrected chi connectivity index (χ1v) is 4.84. The van der Waals surface area contributed by atoms with Gasteiger partial charge in [-0.2, -0.15) is 0 Å². The van der Waals surface area contributed by atoms with Crippen LogP contribution in [0.5, 0.6) is 0 Å². The van der Waals surface area contributed by atoms with E-state index in [1.165, 1.54) is 13.8 Å². The van der Waals surface area contributed by atoms with E-state index in [2.05, 4.69) is 4.74 Å². The van der Waals surface area contributed by atoms with Gasteiger partial charge < -0.3 is 33.1 Å². The molecule has 0 saturated carbocycles. The van der Waals surface area contributed by atoms with Crippen LogP contribution in [0.15, 0.2) is 0 Å². The number of rotatable bonds is 6. The van der Waals surface area contributed by atoms with E-state index in [-0.39, 0.29) is 40.6 Å². The summed E-state index contributed by atoms with van der Waals surface area (Å²) in [6.45, 7) is 1.76. The van der Waals surface area contributed by atoms with Crippen molar-refractivity contribution < 1.29 is 37.9 Å². The molecule has 0 amide bonds. The van der Waals surface area contributed by atoms with E-state index >= 15 is 0 Å². The van der Waals surface area contributed by atoms with Crippen molar-refractivity contribution in [2.75, 3.05) is 6.61 Å². The predicted molar refractivity (Wildman–Crippen MR) is 60.3 cm³/mol. The van der Waals surface area contributed by atoms with Crippen LogP contribution in [-0.4, -0.2) is 106 Å². The molecule has 0 heterocycles. The largest absolute Gasteiger partial charge is 2.00 e. The van der Waals surface area contributed by atoms with Gasteiger partial charge in [0, 0.05) is 0 Å². The normalized spacial score (nSPS) is 19.5. The van der Waals surface area contributed by atoms with Gasteiger partial charge in [0.1, 0.15) is 30.5 Å². The van der Waals surface area contributed by atoms with E-state index in [0.29, 0.717) is 0 Å². The number of aliphatic hydroxyl groups excluding tert-OH is 5. The fourth-order valence-electron chi connectivity index (χ4n) is 0.965. The fraction of sp³-hybridized carbons (Fsp3) is 0.889. The van der Waals surface area contributed by atoms with Crippen LogP contribution < -0.4 is 0 Å². The second-order valence-electron chi connectivity index (χ2n) is 3.55. The number of ether oxygens (including phenoxy) is 1. The molecule has 5 N–H and O–H groups in total. The van der Waals surface area contributed by atoms with Crippen molar-refractivity contribution in [1.82, 2.24) is 0 Å². The van der Waals surface area contributed by atoms with Crippen molar-refractivity contribution in [3.05, 3.63) is 0 Å². The van der Waals surface area contributed by atoms with E-state index in [1.54, 1.807) is 0 Å². The van der Waals surface area contributed by atoms with Crippen LogP contribution in [0.2, 0.25) is 0 Å². The first-order chi connectivity index (χ1) is 7.31. The maximum atomic E-state index is 10.9. The summed E-state index contributed by atoms with van der Waals surface area (Å²) in [4.78, 5) is 10.9. The molecule has 0 aliphatic heterocycles. The van der Waals surface area contributed by atoms with Crippen molar-refractivity contribution in [2.45, 2.75) is 44.4 Å². The molecule has 0 aromatic rings. The Bertz CT molecular complexity index is 233. The summed E-state index contributed by atoms with van der Waals surface area (Å²) in [5, 5.41) is 45.1. The molecule has 17 heavy (non-hydrogen) atoms. The van der Waals surface area contributed by atoms with Crippen molar-refractivity contribution in [1.29, 1.82) is 0 Å². The molecule has 0 fully saturated rings. The van der Waals surface area contributed by atoms with Crippen molar-refractivity contribution in [3.63, 3.8) is 0 Å². The summed E-state index contributed by atoms with van der Waals surface area (Å²) in [5.41, 5.74) is 0. The van der Waals surface area contributed by atoms with Gasteiger partial charge in [-0.25, -0.2) is 4.79 Å². The Kier molecular flexibility index (Phi) is 11.0. The second kappa shape index (κ2) is 9.46. The number of carbonyl (C=O) groups excluding carboxylic acids is 1. The Labute approximate surface area is 132 Å². The maximum Gasteiger partial charge on any atom is 2.00 e.